The molecule has 0 radical (unpaired) electrons. The molecule has 1 aliphatic rings. The molecule has 1 unspecified atom stereocenters. The maximum Gasteiger partial charge on any atom is 0.300 e. The number of hydrogen-bond acceptors (Lipinski definition) is 4. The van der Waals surface area contributed by atoms with E-state index < -0.39 is 17.7 Å². The molecule has 1 saturated heterocycles. The zero-order chi connectivity index (χ0) is 25.4. The van der Waals surface area contributed by atoms with Crippen LogP contribution in [0.5, 0.6) is 5.75 Å². The summed E-state index contributed by atoms with van der Waals surface area (Å²) in [7, 11) is 1.61. The first kappa shape index (κ1) is 24.6. The van der Waals surface area contributed by atoms with E-state index in [0.29, 0.717) is 33.1 Å². The number of carbonyl (C=O) groups is 2. The Morgan fingerprint density at radius 1 is 1.03 bits per heavy atom. The number of rotatable bonds is 5. The molecule has 0 saturated carbocycles. The molecule has 180 valence electrons. The van der Waals surface area contributed by atoms with Crippen LogP contribution in [0, 0.1) is 13.8 Å². The van der Waals surface area contributed by atoms with Crippen LogP contribution in [-0.2, 0) is 9.59 Å². The fraction of sp³-hybridized carbons (Fsp3) is 0.241. The van der Waals surface area contributed by atoms with Crippen molar-refractivity contribution in [1.82, 2.24) is 0 Å². The minimum absolute atomic E-state index is 0.0450. The topological polar surface area (TPSA) is 66.8 Å². The normalized spacial score (nSPS) is 17.3. The lowest BCUT2D eigenvalue weighted by molar-refractivity contribution is -0.132. The molecule has 0 aromatic heterocycles. The molecule has 35 heavy (non-hydrogen) atoms. The molecule has 1 atom stereocenters. The fourth-order valence-electron chi connectivity index (χ4n) is 4.62. The third kappa shape index (κ3) is 4.21. The minimum Gasteiger partial charge on any atom is -0.507 e. The van der Waals surface area contributed by atoms with Gasteiger partial charge in [-0.15, -0.1) is 0 Å². The summed E-state index contributed by atoms with van der Waals surface area (Å²) in [5, 5.41) is 12.1. The van der Waals surface area contributed by atoms with Crippen molar-refractivity contribution in [2.24, 2.45) is 0 Å². The molecule has 5 nitrogen and oxygen atoms in total. The van der Waals surface area contributed by atoms with Gasteiger partial charge in [-0.3, -0.25) is 14.5 Å². The van der Waals surface area contributed by atoms with Crippen LogP contribution in [-0.4, -0.2) is 23.9 Å². The van der Waals surface area contributed by atoms with Gasteiger partial charge in [0.05, 0.1) is 18.7 Å². The molecule has 0 spiro atoms. The second-order valence-corrected chi connectivity index (χ2v) is 9.43. The van der Waals surface area contributed by atoms with E-state index in [1.165, 1.54) is 4.90 Å². The predicted octanol–water partition coefficient (Wildman–Crippen LogP) is 6.72. The second kappa shape index (κ2) is 9.59. The van der Waals surface area contributed by atoms with Gasteiger partial charge in [0.2, 0.25) is 0 Å². The molecule has 6 heteroatoms. The molecule has 3 aromatic carbocycles. The van der Waals surface area contributed by atoms with Crippen molar-refractivity contribution in [1.29, 1.82) is 0 Å². The van der Waals surface area contributed by atoms with Crippen LogP contribution in [0.3, 0.4) is 0 Å². The summed E-state index contributed by atoms with van der Waals surface area (Å²) in [6, 6.07) is 17.4. The van der Waals surface area contributed by atoms with Gasteiger partial charge in [0.15, 0.2) is 0 Å². The molecule has 0 aliphatic carbocycles. The van der Waals surface area contributed by atoms with E-state index in [-0.39, 0.29) is 17.3 Å². The van der Waals surface area contributed by atoms with Crippen LogP contribution in [0.15, 0.2) is 66.2 Å². The number of halogens is 1. The monoisotopic (exact) mass is 489 g/mol. The summed E-state index contributed by atoms with van der Waals surface area (Å²) < 4.78 is 5.54. The number of benzene rings is 3. The van der Waals surface area contributed by atoms with Crippen LogP contribution in [0.4, 0.5) is 5.69 Å². The van der Waals surface area contributed by atoms with Gasteiger partial charge in [0.1, 0.15) is 11.5 Å². The average molecular weight is 490 g/mol. The number of aliphatic hydroxyl groups is 1. The largest absolute Gasteiger partial charge is 0.507 e. The van der Waals surface area contributed by atoms with Crippen LogP contribution in [0.25, 0.3) is 5.76 Å². The molecule has 1 aliphatic heterocycles. The van der Waals surface area contributed by atoms with Crippen LogP contribution in [0.2, 0.25) is 5.02 Å². The summed E-state index contributed by atoms with van der Waals surface area (Å²) in [4.78, 5) is 28.3. The average Bonchev–Trinajstić information content (AvgIpc) is 3.10. The lowest BCUT2D eigenvalue weighted by Gasteiger charge is -2.27. The number of nitrogens with zero attached hydrogens (tertiary/aromatic N) is 1. The van der Waals surface area contributed by atoms with Gasteiger partial charge < -0.3 is 9.84 Å². The summed E-state index contributed by atoms with van der Waals surface area (Å²) >= 11 is 6.37. The Morgan fingerprint density at radius 3 is 2.34 bits per heavy atom. The molecule has 3 aromatic rings. The Balaban J connectivity index is 2.01. The Bertz CT molecular complexity index is 1340. The van der Waals surface area contributed by atoms with E-state index in [9.17, 15) is 14.7 Å². The van der Waals surface area contributed by atoms with E-state index >= 15 is 0 Å². The Morgan fingerprint density at radius 2 is 1.71 bits per heavy atom. The van der Waals surface area contributed by atoms with E-state index in [2.05, 4.69) is 0 Å². The van der Waals surface area contributed by atoms with Gasteiger partial charge in [0.25, 0.3) is 11.7 Å². The first-order valence-electron chi connectivity index (χ1n) is 11.5. The number of aliphatic hydroxyl groups excluding tert-OH is 1. The van der Waals surface area contributed by atoms with Crippen LogP contribution in [0.1, 0.15) is 53.6 Å². The molecular formula is C29H28ClNO4. The molecule has 1 heterocycles. The molecule has 0 bridgehead atoms. The zero-order valence-corrected chi connectivity index (χ0v) is 21.2. The van der Waals surface area contributed by atoms with E-state index in [4.69, 9.17) is 16.3 Å². The minimum atomic E-state index is -0.808. The smallest absolute Gasteiger partial charge is 0.300 e. The Labute approximate surface area is 210 Å². The van der Waals surface area contributed by atoms with Crippen LogP contribution >= 0.6 is 11.6 Å². The van der Waals surface area contributed by atoms with Crippen molar-refractivity contribution >= 4 is 34.7 Å². The van der Waals surface area contributed by atoms with Gasteiger partial charge >= 0.3 is 0 Å². The van der Waals surface area contributed by atoms with Gasteiger partial charge in [-0.1, -0.05) is 61.8 Å². The number of ether oxygens (including phenoxy) is 1. The number of aryl methyl sites for hydroxylation is 1. The molecular weight excluding hydrogens is 462 g/mol. The first-order valence-corrected chi connectivity index (χ1v) is 11.8. The highest BCUT2D eigenvalue weighted by Crippen LogP contribution is 2.44. The highest BCUT2D eigenvalue weighted by Gasteiger charge is 2.47. The standard InChI is InChI=1S/C29H28ClNO4/c1-16(2)20-15-21(17(3)14-24(20)35-5)27(32)25-26(19-10-7-6-8-11-19)31(29(34)28(25)33)23-13-9-12-22(30)18(23)4/h6-16,26,32H,1-5H3/b27-25+. The highest BCUT2D eigenvalue weighted by molar-refractivity contribution is 6.52. The van der Waals surface area contributed by atoms with Crippen molar-refractivity contribution in [3.63, 3.8) is 0 Å². The van der Waals surface area contributed by atoms with Crippen molar-refractivity contribution in [2.75, 3.05) is 12.0 Å². The number of carbonyl (C=O) groups excluding carboxylic acids is 2. The molecule has 1 amide bonds. The summed E-state index contributed by atoms with van der Waals surface area (Å²) in [6.07, 6.45) is 0. The lowest BCUT2D eigenvalue weighted by atomic mass is 9.91. The van der Waals surface area contributed by atoms with Crippen molar-refractivity contribution in [3.05, 3.63) is 99.1 Å². The van der Waals surface area contributed by atoms with Crippen LogP contribution < -0.4 is 9.64 Å². The summed E-state index contributed by atoms with van der Waals surface area (Å²) in [6.45, 7) is 7.71. The fourth-order valence-corrected chi connectivity index (χ4v) is 4.78. The molecule has 1 N–H and O–H groups in total. The Hall–Kier alpha value is -3.57. The maximum atomic E-state index is 13.5. The first-order chi connectivity index (χ1) is 16.7. The summed E-state index contributed by atoms with van der Waals surface area (Å²) in [5.74, 6) is -0.818. The third-order valence-electron chi connectivity index (χ3n) is 6.51. The van der Waals surface area contributed by atoms with E-state index in [1.54, 1.807) is 25.3 Å². The number of anilines is 1. The third-order valence-corrected chi connectivity index (χ3v) is 6.92. The van der Waals surface area contributed by atoms with E-state index in [1.807, 2.05) is 70.2 Å². The quantitative estimate of drug-likeness (QED) is 0.245. The Kier molecular flexibility index (Phi) is 6.73. The SMILES string of the molecule is COc1cc(C)c(/C(O)=C2\C(=O)C(=O)N(c3cccc(Cl)c3C)C2c2ccccc2)cc1C(C)C. The number of amides is 1. The van der Waals surface area contributed by atoms with Gasteiger partial charge in [-0.2, -0.15) is 0 Å². The predicted molar refractivity (Wildman–Crippen MR) is 139 cm³/mol. The van der Waals surface area contributed by atoms with E-state index in [0.717, 1.165) is 11.1 Å². The number of Topliss-reactive ketones (excluding diaryl/α,β-unsaturated/α-hetero) is 1. The van der Waals surface area contributed by atoms with Crippen molar-refractivity contribution < 1.29 is 19.4 Å². The number of methoxy groups -OCH3 is 1. The number of ketones is 1. The van der Waals surface area contributed by atoms with Gasteiger partial charge in [-0.05, 0) is 66.3 Å². The molecule has 1 fully saturated rings. The van der Waals surface area contributed by atoms with Gasteiger partial charge in [-0.25, -0.2) is 0 Å². The molecule has 4 rings (SSSR count). The van der Waals surface area contributed by atoms with Crippen molar-refractivity contribution in [3.8, 4) is 5.75 Å². The van der Waals surface area contributed by atoms with Gasteiger partial charge in [0, 0.05) is 16.3 Å². The zero-order valence-electron chi connectivity index (χ0n) is 20.4. The van der Waals surface area contributed by atoms with Crippen molar-refractivity contribution in [2.45, 2.75) is 39.7 Å². The summed E-state index contributed by atoms with van der Waals surface area (Å²) in [5.41, 5.74) is 4.10. The maximum absolute atomic E-state index is 13.5. The second-order valence-electron chi connectivity index (χ2n) is 9.03. The highest BCUT2D eigenvalue weighted by atomic mass is 35.5. The number of hydrogen-bond donors (Lipinski definition) is 1. The lowest BCUT2D eigenvalue weighted by Crippen LogP contribution is -2.30.